The number of benzene rings is 1. The van der Waals surface area contributed by atoms with Crippen molar-refractivity contribution < 1.29 is 27.6 Å². The van der Waals surface area contributed by atoms with Crippen LogP contribution in [0.2, 0.25) is 0 Å². The van der Waals surface area contributed by atoms with Gasteiger partial charge in [-0.2, -0.15) is 5.26 Å². The van der Waals surface area contributed by atoms with Crippen molar-refractivity contribution in [1.82, 2.24) is 15.5 Å². The number of nitriles is 1. The third-order valence-corrected chi connectivity index (χ3v) is 5.86. The normalized spacial score (nSPS) is 17.5. The molecule has 0 aromatic heterocycles. The highest BCUT2D eigenvalue weighted by atomic mass is 35.5. The van der Waals surface area contributed by atoms with Crippen LogP contribution in [0.3, 0.4) is 0 Å². The second-order valence-corrected chi connectivity index (χ2v) is 9.31. The van der Waals surface area contributed by atoms with E-state index in [9.17, 15) is 32.8 Å². The van der Waals surface area contributed by atoms with Crippen LogP contribution in [0.4, 0.5) is 13.2 Å². The summed E-state index contributed by atoms with van der Waals surface area (Å²) in [7, 11) is 0. The Morgan fingerprint density at radius 2 is 1.75 bits per heavy atom. The van der Waals surface area contributed by atoms with E-state index in [1.165, 1.54) is 11.8 Å². The second-order valence-electron chi connectivity index (χ2n) is 9.31. The molecule has 1 heterocycles. The lowest BCUT2D eigenvalue weighted by Crippen LogP contribution is -2.53. The highest BCUT2D eigenvalue weighted by Crippen LogP contribution is 2.20. The fourth-order valence-electron chi connectivity index (χ4n) is 4.01. The quantitative estimate of drug-likeness (QED) is 0.399. The van der Waals surface area contributed by atoms with Gasteiger partial charge in [-0.1, -0.05) is 13.8 Å². The van der Waals surface area contributed by atoms with E-state index in [-0.39, 0.29) is 36.7 Å². The van der Waals surface area contributed by atoms with Crippen molar-refractivity contribution in [1.29, 1.82) is 5.26 Å². The lowest BCUT2D eigenvalue weighted by molar-refractivity contribution is -0.133. The third kappa shape index (κ3) is 8.68. The van der Waals surface area contributed by atoms with Gasteiger partial charge in [-0.3, -0.25) is 14.4 Å². The molecule has 1 aromatic carbocycles. The Kier molecular flexibility index (Phi) is 12.2. The van der Waals surface area contributed by atoms with Crippen LogP contribution in [0.25, 0.3) is 0 Å². The maximum absolute atomic E-state index is 14.3. The van der Waals surface area contributed by atoms with E-state index in [0.717, 1.165) is 0 Å². The number of nitrogens with two attached hydrogens (primary N) is 1. The van der Waals surface area contributed by atoms with Gasteiger partial charge in [0, 0.05) is 25.1 Å². The number of likely N-dealkylation sites (tertiary alicyclic amines) is 1. The standard InChI is InChI=1S/C24H32F3N5O3.ClH/c1-13(2)7-21(29)24(35)30-14(3)23(34)31-16(8-15-9-19(26)20(27)11-18(15)25)10-22(33)32-6-4-5-17(32)12-28;/h9,11,13-14,16-17,21H,4-8,10,29H2,1-3H3,(H,30,35)(H,31,34);1H. The molecule has 2 rings (SSSR count). The van der Waals surface area contributed by atoms with Gasteiger partial charge in [-0.15, -0.1) is 12.4 Å². The average molecular weight is 532 g/mol. The van der Waals surface area contributed by atoms with E-state index in [2.05, 4.69) is 16.7 Å². The topological polar surface area (TPSA) is 128 Å². The number of nitrogens with one attached hydrogen (secondary N) is 2. The molecule has 1 saturated heterocycles. The minimum absolute atomic E-state index is 0. The zero-order chi connectivity index (χ0) is 26.3. The van der Waals surface area contributed by atoms with Crippen LogP contribution >= 0.6 is 12.4 Å². The molecule has 4 N–H and O–H groups in total. The molecule has 1 fully saturated rings. The van der Waals surface area contributed by atoms with Crippen LogP contribution in [0.15, 0.2) is 12.1 Å². The maximum Gasteiger partial charge on any atom is 0.242 e. The Morgan fingerprint density at radius 3 is 2.36 bits per heavy atom. The molecule has 0 bridgehead atoms. The lowest BCUT2D eigenvalue weighted by atomic mass is 10.0. The van der Waals surface area contributed by atoms with Gasteiger partial charge in [-0.25, -0.2) is 13.2 Å². The first kappa shape index (κ1) is 31.2. The fourth-order valence-corrected chi connectivity index (χ4v) is 4.01. The summed E-state index contributed by atoms with van der Waals surface area (Å²) < 4.78 is 41.3. The van der Waals surface area contributed by atoms with Gasteiger partial charge in [0.25, 0.3) is 0 Å². The molecule has 1 aromatic rings. The van der Waals surface area contributed by atoms with E-state index in [4.69, 9.17) is 5.73 Å². The van der Waals surface area contributed by atoms with E-state index >= 15 is 0 Å². The first-order valence-corrected chi connectivity index (χ1v) is 11.6. The number of hydrogen-bond acceptors (Lipinski definition) is 5. The van der Waals surface area contributed by atoms with Crippen molar-refractivity contribution in [2.24, 2.45) is 11.7 Å². The number of amides is 3. The molecule has 12 heteroatoms. The molecule has 200 valence electrons. The summed E-state index contributed by atoms with van der Waals surface area (Å²) in [6, 6.07) is -0.299. The predicted molar refractivity (Wildman–Crippen MR) is 129 cm³/mol. The average Bonchev–Trinajstić information content (AvgIpc) is 3.25. The monoisotopic (exact) mass is 531 g/mol. The number of halogens is 4. The van der Waals surface area contributed by atoms with Gasteiger partial charge < -0.3 is 21.3 Å². The third-order valence-electron chi connectivity index (χ3n) is 5.86. The number of carbonyl (C=O) groups excluding carboxylic acids is 3. The molecule has 1 aliphatic heterocycles. The van der Waals surface area contributed by atoms with Crippen molar-refractivity contribution >= 4 is 30.1 Å². The smallest absolute Gasteiger partial charge is 0.242 e. The van der Waals surface area contributed by atoms with Crippen LogP contribution in [0, 0.1) is 34.7 Å². The van der Waals surface area contributed by atoms with E-state index in [0.29, 0.717) is 37.9 Å². The molecular formula is C24H33ClF3N5O3. The maximum atomic E-state index is 14.3. The minimum atomic E-state index is -1.36. The largest absolute Gasteiger partial charge is 0.351 e. The Hall–Kier alpha value is -2.84. The predicted octanol–water partition coefficient (Wildman–Crippen LogP) is 2.34. The molecular weight excluding hydrogens is 499 g/mol. The van der Waals surface area contributed by atoms with Crippen molar-refractivity contribution in [3.05, 3.63) is 35.1 Å². The Balaban J connectivity index is 0.00000648. The molecule has 3 amide bonds. The molecule has 1 aliphatic rings. The fraction of sp³-hybridized carbons (Fsp3) is 0.583. The van der Waals surface area contributed by atoms with Crippen LogP contribution in [0.1, 0.15) is 52.0 Å². The molecule has 0 aliphatic carbocycles. The number of rotatable bonds is 10. The minimum Gasteiger partial charge on any atom is -0.351 e. The summed E-state index contributed by atoms with van der Waals surface area (Å²) in [5.74, 6) is -5.08. The summed E-state index contributed by atoms with van der Waals surface area (Å²) in [4.78, 5) is 39.3. The number of nitrogens with zero attached hydrogens (tertiary/aromatic N) is 2. The zero-order valence-corrected chi connectivity index (χ0v) is 21.3. The zero-order valence-electron chi connectivity index (χ0n) is 20.5. The Morgan fingerprint density at radius 1 is 1.11 bits per heavy atom. The summed E-state index contributed by atoms with van der Waals surface area (Å²) in [5, 5.41) is 14.4. The molecule has 4 atom stereocenters. The van der Waals surface area contributed by atoms with Gasteiger partial charge in [0.1, 0.15) is 17.9 Å². The van der Waals surface area contributed by atoms with Crippen molar-refractivity contribution in [3.63, 3.8) is 0 Å². The molecule has 0 radical (unpaired) electrons. The number of carbonyl (C=O) groups is 3. The SMILES string of the molecule is CC(C)CC(N)C(=O)NC(C)C(=O)NC(CC(=O)N1CCCC1C#N)Cc1cc(F)c(F)cc1F.Cl. The summed E-state index contributed by atoms with van der Waals surface area (Å²) in [6.07, 6.45) is 0.993. The lowest BCUT2D eigenvalue weighted by Gasteiger charge is -2.26. The summed E-state index contributed by atoms with van der Waals surface area (Å²) in [5.41, 5.74) is 5.62. The van der Waals surface area contributed by atoms with Gasteiger partial charge in [-0.05, 0) is 50.2 Å². The summed E-state index contributed by atoms with van der Waals surface area (Å²) in [6.45, 7) is 5.61. The van der Waals surface area contributed by atoms with Crippen LogP contribution < -0.4 is 16.4 Å². The molecule has 36 heavy (non-hydrogen) atoms. The first-order chi connectivity index (χ1) is 16.4. The van der Waals surface area contributed by atoms with Crippen LogP contribution in [-0.2, 0) is 20.8 Å². The molecule has 0 spiro atoms. The van der Waals surface area contributed by atoms with Crippen LogP contribution in [-0.4, -0.2) is 53.3 Å². The number of hydrogen-bond donors (Lipinski definition) is 3. The van der Waals surface area contributed by atoms with Gasteiger partial charge in [0.15, 0.2) is 11.6 Å². The van der Waals surface area contributed by atoms with Gasteiger partial charge >= 0.3 is 0 Å². The Labute approximate surface area is 215 Å². The Bertz CT molecular complexity index is 988. The van der Waals surface area contributed by atoms with Gasteiger partial charge in [0.05, 0.1) is 12.1 Å². The van der Waals surface area contributed by atoms with E-state index < -0.39 is 59.3 Å². The molecule has 8 nitrogen and oxygen atoms in total. The second kappa shape index (κ2) is 14.0. The van der Waals surface area contributed by atoms with Gasteiger partial charge in [0.2, 0.25) is 17.7 Å². The highest BCUT2D eigenvalue weighted by molar-refractivity contribution is 5.90. The molecule has 0 saturated carbocycles. The van der Waals surface area contributed by atoms with Crippen LogP contribution in [0.5, 0.6) is 0 Å². The highest BCUT2D eigenvalue weighted by Gasteiger charge is 2.31. The molecule has 4 unspecified atom stereocenters. The van der Waals surface area contributed by atoms with E-state index in [1.807, 2.05) is 13.8 Å². The van der Waals surface area contributed by atoms with Crippen molar-refractivity contribution in [3.8, 4) is 6.07 Å². The first-order valence-electron chi connectivity index (χ1n) is 11.6. The van der Waals surface area contributed by atoms with Crippen molar-refractivity contribution in [2.45, 2.75) is 77.0 Å². The van der Waals surface area contributed by atoms with E-state index in [1.54, 1.807) is 0 Å². The van der Waals surface area contributed by atoms with Crippen molar-refractivity contribution in [2.75, 3.05) is 6.54 Å². The summed E-state index contributed by atoms with van der Waals surface area (Å²) >= 11 is 0.